The largest absolute Gasteiger partial charge is 0.399 e. The van der Waals surface area contributed by atoms with Crippen molar-refractivity contribution < 1.29 is 4.79 Å². The molecule has 6 heteroatoms. The summed E-state index contributed by atoms with van der Waals surface area (Å²) in [7, 11) is 0. The average molecular weight is 339 g/mol. The predicted octanol–water partition coefficient (Wildman–Crippen LogP) is 2.12. The summed E-state index contributed by atoms with van der Waals surface area (Å²) in [5, 5.41) is 2.96. The molecule has 1 saturated heterocycles. The first-order valence-corrected chi connectivity index (χ1v) is 8.66. The fraction of sp³-hybridized carbons (Fsp3) is 0.368. The minimum absolute atomic E-state index is 0.0286. The Morgan fingerprint density at radius 1 is 1.20 bits per heavy atom. The molecule has 1 aromatic carbocycles. The van der Waals surface area contributed by atoms with E-state index in [1.54, 1.807) is 6.07 Å². The van der Waals surface area contributed by atoms with Crippen molar-refractivity contribution in [3.63, 3.8) is 0 Å². The number of nitrogen functional groups attached to an aromatic ring is 1. The maximum Gasteiger partial charge on any atom is 0.225 e. The van der Waals surface area contributed by atoms with Crippen LogP contribution in [0.1, 0.15) is 12.0 Å². The molecule has 2 heterocycles. The molecule has 132 valence electrons. The van der Waals surface area contributed by atoms with Crippen molar-refractivity contribution in [2.24, 2.45) is 0 Å². The molecule has 1 fully saturated rings. The van der Waals surface area contributed by atoms with Crippen LogP contribution in [0.3, 0.4) is 0 Å². The zero-order valence-corrected chi connectivity index (χ0v) is 14.6. The van der Waals surface area contributed by atoms with E-state index < -0.39 is 0 Å². The average Bonchev–Trinajstić information content (AvgIpc) is 2.64. The van der Waals surface area contributed by atoms with E-state index >= 15 is 0 Å². The van der Waals surface area contributed by atoms with E-state index in [9.17, 15) is 4.79 Å². The molecular weight excluding hydrogens is 314 g/mol. The zero-order chi connectivity index (χ0) is 17.6. The lowest BCUT2D eigenvalue weighted by Crippen LogP contribution is -2.47. The molecule has 3 N–H and O–H groups in total. The van der Waals surface area contributed by atoms with E-state index in [0.717, 1.165) is 49.8 Å². The Labute approximate surface area is 148 Å². The quantitative estimate of drug-likeness (QED) is 0.816. The highest BCUT2D eigenvalue weighted by Crippen LogP contribution is 2.18. The molecule has 0 saturated carbocycles. The smallest absolute Gasteiger partial charge is 0.225 e. The molecule has 0 spiro atoms. The van der Waals surface area contributed by atoms with E-state index in [-0.39, 0.29) is 5.91 Å². The number of amides is 1. The van der Waals surface area contributed by atoms with Gasteiger partial charge in [0, 0.05) is 56.7 Å². The van der Waals surface area contributed by atoms with Crippen LogP contribution in [0.25, 0.3) is 0 Å². The first-order valence-electron chi connectivity index (χ1n) is 8.66. The van der Waals surface area contributed by atoms with Crippen LogP contribution in [0, 0.1) is 6.92 Å². The molecule has 2 aromatic rings. The molecule has 3 rings (SSSR count). The van der Waals surface area contributed by atoms with E-state index in [0.29, 0.717) is 12.1 Å². The van der Waals surface area contributed by atoms with Gasteiger partial charge in [-0.15, -0.1) is 0 Å². The van der Waals surface area contributed by atoms with Crippen LogP contribution >= 0.6 is 0 Å². The van der Waals surface area contributed by atoms with Crippen LogP contribution in [-0.2, 0) is 4.79 Å². The molecule has 0 atom stereocenters. The standard InChI is InChI=1S/C19H25N5O/c1-15-5-6-16(20)14-17(15)22-19(25)7-9-23-10-12-24(13-11-23)18-4-2-3-8-21-18/h2-6,8,14H,7,9-13,20H2,1H3,(H,22,25). The highest BCUT2D eigenvalue weighted by Gasteiger charge is 2.18. The Kier molecular flexibility index (Phi) is 5.50. The van der Waals surface area contributed by atoms with Crippen LogP contribution in [0.4, 0.5) is 17.2 Å². The van der Waals surface area contributed by atoms with Gasteiger partial charge >= 0.3 is 0 Å². The highest BCUT2D eigenvalue weighted by atomic mass is 16.1. The van der Waals surface area contributed by atoms with Gasteiger partial charge in [-0.05, 0) is 36.8 Å². The molecule has 25 heavy (non-hydrogen) atoms. The lowest BCUT2D eigenvalue weighted by atomic mass is 10.1. The second-order valence-corrected chi connectivity index (χ2v) is 6.39. The van der Waals surface area contributed by atoms with Crippen molar-refractivity contribution in [3.8, 4) is 0 Å². The lowest BCUT2D eigenvalue weighted by molar-refractivity contribution is -0.116. The maximum atomic E-state index is 12.2. The normalized spacial score (nSPS) is 15.2. The monoisotopic (exact) mass is 339 g/mol. The van der Waals surface area contributed by atoms with E-state index in [2.05, 4.69) is 20.1 Å². The van der Waals surface area contributed by atoms with Crippen molar-refractivity contribution in [1.82, 2.24) is 9.88 Å². The van der Waals surface area contributed by atoms with Crippen LogP contribution < -0.4 is 16.0 Å². The van der Waals surface area contributed by atoms with Gasteiger partial charge in [0.05, 0.1) is 0 Å². The third-order valence-corrected chi connectivity index (χ3v) is 4.54. The SMILES string of the molecule is Cc1ccc(N)cc1NC(=O)CCN1CCN(c2ccccn2)CC1. The van der Waals surface area contributed by atoms with Crippen LogP contribution in [0.15, 0.2) is 42.6 Å². The summed E-state index contributed by atoms with van der Waals surface area (Å²) < 4.78 is 0. The first kappa shape index (κ1) is 17.2. The zero-order valence-electron chi connectivity index (χ0n) is 14.6. The maximum absolute atomic E-state index is 12.2. The van der Waals surface area contributed by atoms with E-state index in [4.69, 9.17) is 5.73 Å². The number of aromatic nitrogens is 1. The number of carbonyl (C=O) groups excluding carboxylic acids is 1. The summed E-state index contributed by atoms with van der Waals surface area (Å²) in [6.07, 6.45) is 2.31. The molecule has 1 aromatic heterocycles. The summed E-state index contributed by atoms with van der Waals surface area (Å²) in [5.41, 5.74) is 8.26. The molecule has 1 aliphatic heterocycles. The van der Waals surface area contributed by atoms with Gasteiger partial charge in [0.25, 0.3) is 0 Å². The molecule has 0 aliphatic carbocycles. The Morgan fingerprint density at radius 3 is 2.72 bits per heavy atom. The highest BCUT2D eigenvalue weighted by molar-refractivity contribution is 5.92. The van der Waals surface area contributed by atoms with Crippen LogP contribution in [-0.4, -0.2) is 48.5 Å². The Bertz CT molecular complexity index is 711. The first-order chi connectivity index (χ1) is 12.1. The number of rotatable bonds is 5. The molecule has 1 amide bonds. The van der Waals surface area contributed by atoms with Crippen molar-refractivity contribution >= 4 is 23.1 Å². The molecule has 6 nitrogen and oxygen atoms in total. The van der Waals surface area contributed by atoms with Gasteiger partial charge in [0.1, 0.15) is 5.82 Å². The van der Waals surface area contributed by atoms with E-state index in [1.165, 1.54) is 0 Å². The van der Waals surface area contributed by atoms with Gasteiger partial charge in [-0.2, -0.15) is 0 Å². The number of hydrogen-bond donors (Lipinski definition) is 2. The second-order valence-electron chi connectivity index (χ2n) is 6.39. The van der Waals surface area contributed by atoms with Crippen molar-refractivity contribution in [1.29, 1.82) is 0 Å². The minimum Gasteiger partial charge on any atom is -0.399 e. The van der Waals surface area contributed by atoms with Crippen molar-refractivity contribution in [3.05, 3.63) is 48.2 Å². The van der Waals surface area contributed by atoms with Crippen molar-refractivity contribution in [2.75, 3.05) is 48.7 Å². The fourth-order valence-electron chi connectivity index (χ4n) is 2.99. The van der Waals surface area contributed by atoms with Gasteiger partial charge in [-0.25, -0.2) is 4.98 Å². The summed E-state index contributed by atoms with van der Waals surface area (Å²) in [6.45, 7) is 6.50. The third kappa shape index (κ3) is 4.70. The van der Waals surface area contributed by atoms with Gasteiger partial charge in [-0.1, -0.05) is 12.1 Å². The number of hydrogen-bond acceptors (Lipinski definition) is 5. The molecule has 0 radical (unpaired) electrons. The molecule has 0 unspecified atom stereocenters. The van der Waals surface area contributed by atoms with Crippen LogP contribution in [0.2, 0.25) is 0 Å². The van der Waals surface area contributed by atoms with Gasteiger partial charge < -0.3 is 16.0 Å². The number of pyridine rings is 1. The number of nitrogens with zero attached hydrogens (tertiary/aromatic N) is 3. The van der Waals surface area contributed by atoms with Crippen LogP contribution in [0.5, 0.6) is 0 Å². The Hall–Kier alpha value is -2.60. The third-order valence-electron chi connectivity index (χ3n) is 4.54. The molecule has 0 bridgehead atoms. The van der Waals surface area contributed by atoms with E-state index in [1.807, 2.05) is 43.5 Å². The Balaban J connectivity index is 1.44. The summed E-state index contributed by atoms with van der Waals surface area (Å²) in [4.78, 5) is 21.2. The number of nitrogens with one attached hydrogen (secondary N) is 1. The van der Waals surface area contributed by atoms with Gasteiger partial charge in [0.2, 0.25) is 5.91 Å². The molecule has 1 aliphatic rings. The summed E-state index contributed by atoms with van der Waals surface area (Å²) >= 11 is 0. The summed E-state index contributed by atoms with van der Waals surface area (Å²) in [5.74, 6) is 1.05. The number of piperazine rings is 1. The van der Waals surface area contributed by atoms with Gasteiger partial charge in [-0.3, -0.25) is 9.69 Å². The topological polar surface area (TPSA) is 74.5 Å². The lowest BCUT2D eigenvalue weighted by Gasteiger charge is -2.35. The van der Waals surface area contributed by atoms with Gasteiger partial charge in [0.15, 0.2) is 0 Å². The number of aryl methyl sites for hydroxylation is 1. The Morgan fingerprint density at radius 2 is 2.00 bits per heavy atom. The second kappa shape index (κ2) is 7.98. The summed E-state index contributed by atoms with van der Waals surface area (Å²) in [6, 6.07) is 11.5. The minimum atomic E-state index is 0.0286. The predicted molar refractivity (Wildman–Crippen MR) is 102 cm³/mol. The number of benzene rings is 1. The number of nitrogens with two attached hydrogens (primary N) is 1. The van der Waals surface area contributed by atoms with Crippen molar-refractivity contribution in [2.45, 2.75) is 13.3 Å². The molecular formula is C19H25N5O. The number of carbonyl (C=O) groups is 1. The number of anilines is 3. The fourth-order valence-corrected chi connectivity index (χ4v) is 2.99.